The van der Waals surface area contributed by atoms with Crippen LogP contribution in [0.1, 0.15) is 12.5 Å². The van der Waals surface area contributed by atoms with E-state index in [1.807, 2.05) is 19.1 Å². The molecule has 0 amide bonds. The van der Waals surface area contributed by atoms with Crippen LogP contribution in [0.25, 0.3) is 0 Å². The lowest BCUT2D eigenvalue weighted by Gasteiger charge is -2.00. The lowest BCUT2D eigenvalue weighted by Crippen LogP contribution is -1.85. The van der Waals surface area contributed by atoms with Gasteiger partial charge in [-0.25, -0.2) is 0 Å². The second kappa shape index (κ2) is 4.20. The zero-order chi connectivity index (χ0) is 8.81. The van der Waals surface area contributed by atoms with Crippen molar-refractivity contribution in [3.63, 3.8) is 0 Å². The van der Waals surface area contributed by atoms with E-state index in [0.717, 1.165) is 0 Å². The van der Waals surface area contributed by atoms with Gasteiger partial charge in [-0.15, -0.1) is 0 Å². The molecule has 0 spiro atoms. The number of nitrogens with zero attached hydrogens (tertiary/aromatic N) is 1. The maximum Gasteiger partial charge on any atom is 0.144 e. The molecule has 2 heteroatoms. The lowest BCUT2D eigenvalue weighted by atomic mass is 10.2. The highest BCUT2D eigenvalue weighted by Gasteiger charge is 1.97. The van der Waals surface area contributed by atoms with Crippen molar-refractivity contribution in [2.45, 2.75) is 6.92 Å². The summed E-state index contributed by atoms with van der Waals surface area (Å²) in [5, 5.41) is 8.66. The summed E-state index contributed by atoms with van der Waals surface area (Å²) >= 11 is 0. The third kappa shape index (κ3) is 1.86. The summed E-state index contributed by atoms with van der Waals surface area (Å²) in [5.41, 5.74) is 0.551. The molecule has 12 heavy (non-hydrogen) atoms. The van der Waals surface area contributed by atoms with Gasteiger partial charge in [-0.05, 0) is 19.1 Å². The number of rotatable bonds is 2. The highest BCUT2D eigenvalue weighted by molar-refractivity contribution is 5.42. The summed E-state index contributed by atoms with van der Waals surface area (Å²) in [7, 11) is 0. The second-order valence-electron chi connectivity index (χ2n) is 2.20. The fourth-order valence-corrected chi connectivity index (χ4v) is 0.803. The van der Waals surface area contributed by atoms with Crippen LogP contribution in [0.3, 0.4) is 0 Å². The predicted octanol–water partition coefficient (Wildman–Crippen LogP) is 2.47. The minimum Gasteiger partial charge on any atom is -0.464 e. The third-order valence-corrected chi connectivity index (χ3v) is 1.34. The zero-order valence-electron chi connectivity index (χ0n) is 6.82. The third-order valence-electron chi connectivity index (χ3n) is 1.34. The van der Waals surface area contributed by atoms with Gasteiger partial charge in [0.15, 0.2) is 0 Å². The summed E-state index contributed by atoms with van der Waals surface area (Å²) < 4.78 is 5.17. The Morgan fingerprint density at radius 3 is 2.83 bits per heavy atom. The fraction of sp³-hybridized carbons (Fsp3) is 0.100. The number of benzene rings is 1. The van der Waals surface area contributed by atoms with Crippen LogP contribution in [-0.4, -0.2) is 0 Å². The van der Waals surface area contributed by atoms with E-state index in [1.165, 1.54) is 0 Å². The molecule has 0 aliphatic rings. The van der Waals surface area contributed by atoms with E-state index >= 15 is 0 Å². The molecule has 2 nitrogen and oxygen atoms in total. The molecule has 0 fully saturated rings. The summed E-state index contributed by atoms with van der Waals surface area (Å²) in [4.78, 5) is 0. The molecule has 0 heterocycles. The van der Waals surface area contributed by atoms with Crippen LogP contribution >= 0.6 is 0 Å². The molecule has 1 aromatic rings. The van der Waals surface area contributed by atoms with Crippen molar-refractivity contribution in [2.75, 3.05) is 0 Å². The Bertz CT molecular complexity index is 323. The number of ether oxygens (including phenoxy) is 1. The minimum absolute atomic E-state index is 0.551. The molecule has 1 aromatic carbocycles. The molecule has 0 saturated carbocycles. The van der Waals surface area contributed by atoms with Gasteiger partial charge in [0.25, 0.3) is 0 Å². The Kier molecular flexibility index (Phi) is 2.92. The molecular weight excluding hydrogens is 150 g/mol. The van der Waals surface area contributed by atoms with Gasteiger partial charge in [-0.3, -0.25) is 0 Å². The fourth-order valence-electron chi connectivity index (χ4n) is 0.803. The molecule has 0 bridgehead atoms. The first-order chi connectivity index (χ1) is 5.88. The maximum atomic E-state index is 8.66. The molecule has 1 rings (SSSR count). The maximum absolute atomic E-state index is 8.66. The molecule has 60 valence electrons. The summed E-state index contributed by atoms with van der Waals surface area (Å²) in [6, 6.07) is 9.17. The van der Waals surface area contributed by atoms with Gasteiger partial charge in [-0.2, -0.15) is 5.26 Å². The zero-order valence-corrected chi connectivity index (χ0v) is 6.82. The lowest BCUT2D eigenvalue weighted by molar-refractivity contribution is 0.479. The first-order valence-corrected chi connectivity index (χ1v) is 3.65. The summed E-state index contributed by atoms with van der Waals surface area (Å²) in [6.45, 7) is 1.86. The SMILES string of the molecule is C/C=C/Oc1ccccc1C#N. The van der Waals surface area contributed by atoms with Crippen molar-refractivity contribution in [3.8, 4) is 11.8 Å². The first kappa shape index (κ1) is 8.35. The Morgan fingerprint density at radius 1 is 1.42 bits per heavy atom. The Hall–Kier alpha value is -1.75. The van der Waals surface area contributed by atoms with Gasteiger partial charge >= 0.3 is 0 Å². The summed E-state index contributed by atoms with van der Waals surface area (Å²) in [5.74, 6) is 0.595. The standard InChI is InChI=1S/C10H9NO/c1-2-7-12-10-6-4-3-5-9(10)8-11/h2-7H,1H3/b7-2+. The van der Waals surface area contributed by atoms with Gasteiger partial charge in [0.05, 0.1) is 11.8 Å². The number of hydrogen-bond donors (Lipinski definition) is 0. The quantitative estimate of drug-likeness (QED) is 0.621. The molecule has 0 unspecified atom stereocenters. The van der Waals surface area contributed by atoms with E-state index in [9.17, 15) is 0 Å². The van der Waals surface area contributed by atoms with Crippen molar-refractivity contribution in [1.29, 1.82) is 5.26 Å². The van der Waals surface area contributed by atoms with Gasteiger partial charge in [0, 0.05) is 0 Å². The number of hydrogen-bond acceptors (Lipinski definition) is 2. The van der Waals surface area contributed by atoms with E-state index in [1.54, 1.807) is 30.5 Å². The van der Waals surface area contributed by atoms with E-state index < -0.39 is 0 Å². The van der Waals surface area contributed by atoms with Crippen LogP contribution in [0.5, 0.6) is 5.75 Å². The molecule has 0 aliphatic carbocycles. The molecule has 0 atom stereocenters. The normalized spacial score (nSPS) is 9.67. The van der Waals surface area contributed by atoms with Crippen LogP contribution in [0.2, 0.25) is 0 Å². The molecular formula is C10H9NO. The molecule has 0 aromatic heterocycles. The van der Waals surface area contributed by atoms with E-state index in [-0.39, 0.29) is 0 Å². The number of nitriles is 1. The highest BCUT2D eigenvalue weighted by atomic mass is 16.5. The molecule has 0 saturated heterocycles. The Labute approximate surface area is 71.7 Å². The second-order valence-corrected chi connectivity index (χ2v) is 2.20. The topological polar surface area (TPSA) is 33.0 Å². The van der Waals surface area contributed by atoms with E-state index in [2.05, 4.69) is 0 Å². The number of para-hydroxylation sites is 1. The van der Waals surface area contributed by atoms with Gasteiger partial charge in [0.2, 0.25) is 0 Å². The Morgan fingerprint density at radius 2 is 2.17 bits per heavy atom. The van der Waals surface area contributed by atoms with Crippen LogP contribution in [0.4, 0.5) is 0 Å². The van der Waals surface area contributed by atoms with Crippen molar-refractivity contribution in [1.82, 2.24) is 0 Å². The van der Waals surface area contributed by atoms with Crippen molar-refractivity contribution in [3.05, 3.63) is 42.2 Å². The van der Waals surface area contributed by atoms with Gasteiger partial charge < -0.3 is 4.74 Å². The molecule has 0 aliphatic heterocycles. The average molecular weight is 159 g/mol. The van der Waals surface area contributed by atoms with E-state index in [4.69, 9.17) is 10.00 Å². The summed E-state index contributed by atoms with van der Waals surface area (Å²) in [6.07, 6.45) is 3.32. The first-order valence-electron chi connectivity index (χ1n) is 3.65. The van der Waals surface area contributed by atoms with Crippen LogP contribution in [0, 0.1) is 11.3 Å². The van der Waals surface area contributed by atoms with Crippen molar-refractivity contribution in [2.24, 2.45) is 0 Å². The number of allylic oxidation sites excluding steroid dienone is 1. The monoisotopic (exact) mass is 159 g/mol. The van der Waals surface area contributed by atoms with Crippen LogP contribution < -0.4 is 4.74 Å². The Balaban J connectivity index is 2.91. The van der Waals surface area contributed by atoms with Crippen molar-refractivity contribution < 1.29 is 4.74 Å². The van der Waals surface area contributed by atoms with Gasteiger partial charge in [-0.1, -0.05) is 18.2 Å². The minimum atomic E-state index is 0.551. The predicted molar refractivity (Wildman–Crippen MR) is 46.6 cm³/mol. The van der Waals surface area contributed by atoms with Crippen molar-refractivity contribution >= 4 is 0 Å². The smallest absolute Gasteiger partial charge is 0.144 e. The van der Waals surface area contributed by atoms with Crippen LogP contribution in [0.15, 0.2) is 36.6 Å². The van der Waals surface area contributed by atoms with Crippen LogP contribution in [-0.2, 0) is 0 Å². The van der Waals surface area contributed by atoms with E-state index in [0.29, 0.717) is 11.3 Å². The average Bonchev–Trinajstić information content (AvgIpc) is 2.15. The van der Waals surface area contributed by atoms with Gasteiger partial charge in [0.1, 0.15) is 11.8 Å². The largest absolute Gasteiger partial charge is 0.464 e. The molecule has 0 radical (unpaired) electrons. The highest BCUT2D eigenvalue weighted by Crippen LogP contribution is 2.16. The molecule has 0 N–H and O–H groups in total.